The maximum atomic E-state index is 5.93. The second-order valence-electron chi connectivity index (χ2n) is 4.60. The molecule has 1 heterocycles. The summed E-state index contributed by atoms with van der Waals surface area (Å²) in [6.07, 6.45) is 6.91. The van der Waals surface area contributed by atoms with Crippen molar-refractivity contribution in [2.75, 3.05) is 5.73 Å². The molecule has 96 valence electrons. The number of hydrogen-bond acceptors (Lipinski definition) is 2. The Morgan fingerprint density at radius 3 is 2.83 bits per heavy atom. The van der Waals surface area contributed by atoms with E-state index in [4.69, 9.17) is 5.73 Å². The largest absolute Gasteiger partial charge is 0.399 e. The van der Waals surface area contributed by atoms with Crippen LogP contribution >= 0.6 is 0 Å². The van der Waals surface area contributed by atoms with E-state index >= 15 is 0 Å². The van der Waals surface area contributed by atoms with Crippen molar-refractivity contribution < 1.29 is 0 Å². The van der Waals surface area contributed by atoms with Crippen LogP contribution in [0.1, 0.15) is 37.2 Å². The molecule has 18 heavy (non-hydrogen) atoms. The van der Waals surface area contributed by atoms with E-state index in [1.165, 1.54) is 11.1 Å². The highest BCUT2D eigenvalue weighted by Gasteiger charge is 2.05. The number of imidazole rings is 1. The van der Waals surface area contributed by atoms with E-state index in [0.717, 1.165) is 37.3 Å². The molecule has 1 aromatic carbocycles. The van der Waals surface area contributed by atoms with Gasteiger partial charge in [0.25, 0.3) is 0 Å². The maximum Gasteiger partial charge on any atom is 0.113 e. The zero-order valence-electron chi connectivity index (χ0n) is 11.2. The molecule has 0 aliphatic carbocycles. The third-order valence-electron chi connectivity index (χ3n) is 3.22. The minimum atomic E-state index is 0.875. The highest BCUT2D eigenvalue weighted by molar-refractivity contribution is 5.49. The molecule has 3 nitrogen and oxygen atoms in total. The topological polar surface area (TPSA) is 43.8 Å². The lowest BCUT2D eigenvalue weighted by atomic mass is 10.0. The monoisotopic (exact) mass is 243 g/mol. The van der Waals surface area contributed by atoms with Crippen molar-refractivity contribution in [2.45, 2.75) is 39.7 Å². The molecule has 0 radical (unpaired) electrons. The molecule has 0 saturated heterocycles. The lowest BCUT2D eigenvalue weighted by Crippen LogP contribution is -2.04. The Morgan fingerprint density at radius 2 is 2.11 bits per heavy atom. The van der Waals surface area contributed by atoms with Crippen LogP contribution in [0.15, 0.2) is 30.6 Å². The molecule has 0 amide bonds. The number of nitrogen functional groups attached to an aromatic ring is 1. The number of hydrogen-bond donors (Lipinski definition) is 1. The Labute approximate surface area is 109 Å². The summed E-state index contributed by atoms with van der Waals surface area (Å²) in [4.78, 5) is 4.44. The Kier molecular flexibility index (Phi) is 4.03. The first kappa shape index (κ1) is 12.7. The quantitative estimate of drug-likeness (QED) is 0.820. The van der Waals surface area contributed by atoms with Gasteiger partial charge in [0.15, 0.2) is 0 Å². The van der Waals surface area contributed by atoms with Gasteiger partial charge < -0.3 is 10.3 Å². The fourth-order valence-corrected chi connectivity index (χ4v) is 2.21. The van der Waals surface area contributed by atoms with Gasteiger partial charge in [0.05, 0.1) is 0 Å². The van der Waals surface area contributed by atoms with Crippen LogP contribution in [0, 0.1) is 0 Å². The van der Waals surface area contributed by atoms with Gasteiger partial charge in [0.1, 0.15) is 5.82 Å². The molecule has 0 bridgehead atoms. The first-order valence-electron chi connectivity index (χ1n) is 6.61. The van der Waals surface area contributed by atoms with Gasteiger partial charge in [0.2, 0.25) is 0 Å². The van der Waals surface area contributed by atoms with Crippen LogP contribution in [0.2, 0.25) is 0 Å². The van der Waals surface area contributed by atoms with Gasteiger partial charge in [0, 0.05) is 31.0 Å². The van der Waals surface area contributed by atoms with Crippen LogP contribution in [0.25, 0.3) is 0 Å². The SMILES string of the molecule is CCCn1ccnc1Cc1ccc(N)c(CC)c1. The maximum absolute atomic E-state index is 5.93. The Hall–Kier alpha value is -1.77. The van der Waals surface area contributed by atoms with Gasteiger partial charge in [-0.05, 0) is 30.0 Å². The van der Waals surface area contributed by atoms with Gasteiger partial charge in [-0.1, -0.05) is 26.0 Å². The third kappa shape index (κ3) is 2.73. The van der Waals surface area contributed by atoms with E-state index in [1.807, 2.05) is 12.3 Å². The van der Waals surface area contributed by atoms with Gasteiger partial charge in [-0.2, -0.15) is 0 Å². The number of anilines is 1. The minimum absolute atomic E-state index is 0.875. The first-order valence-corrected chi connectivity index (χ1v) is 6.61. The standard InChI is InChI=1S/C15H21N3/c1-3-8-18-9-7-17-15(18)11-12-5-6-14(16)13(4-2)10-12/h5-7,9-10H,3-4,8,11,16H2,1-2H3. The first-order chi connectivity index (χ1) is 8.74. The van der Waals surface area contributed by atoms with Gasteiger partial charge in [-0.15, -0.1) is 0 Å². The second-order valence-corrected chi connectivity index (χ2v) is 4.60. The number of nitrogens with zero attached hydrogens (tertiary/aromatic N) is 2. The molecule has 0 aliphatic heterocycles. The van der Waals surface area contributed by atoms with Crippen molar-refractivity contribution in [2.24, 2.45) is 0 Å². The summed E-state index contributed by atoms with van der Waals surface area (Å²) >= 11 is 0. The fraction of sp³-hybridized carbons (Fsp3) is 0.400. The van der Waals surface area contributed by atoms with Crippen LogP contribution in [0.3, 0.4) is 0 Å². The highest BCUT2D eigenvalue weighted by atomic mass is 15.1. The van der Waals surface area contributed by atoms with Gasteiger partial charge >= 0.3 is 0 Å². The number of rotatable bonds is 5. The number of aromatic nitrogens is 2. The molecular weight excluding hydrogens is 222 g/mol. The van der Waals surface area contributed by atoms with Crippen molar-refractivity contribution in [3.8, 4) is 0 Å². The van der Waals surface area contributed by atoms with Crippen LogP contribution in [0.5, 0.6) is 0 Å². The zero-order chi connectivity index (χ0) is 13.0. The smallest absolute Gasteiger partial charge is 0.113 e. The van der Waals surface area contributed by atoms with E-state index in [9.17, 15) is 0 Å². The molecule has 2 rings (SSSR count). The number of nitrogens with two attached hydrogens (primary N) is 1. The van der Waals surface area contributed by atoms with E-state index in [2.05, 4.69) is 41.7 Å². The molecule has 2 aromatic rings. The molecule has 2 N–H and O–H groups in total. The van der Waals surface area contributed by atoms with Gasteiger partial charge in [-0.3, -0.25) is 0 Å². The van der Waals surface area contributed by atoms with E-state index in [-0.39, 0.29) is 0 Å². The lowest BCUT2D eigenvalue weighted by Gasteiger charge is -2.09. The third-order valence-corrected chi connectivity index (χ3v) is 3.22. The summed E-state index contributed by atoms with van der Waals surface area (Å²) in [5, 5.41) is 0. The molecule has 0 saturated carbocycles. The lowest BCUT2D eigenvalue weighted by molar-refractivity contribution is 0.647. The minimum Gasteiger partial charge on any atom is -0.399 e. The Bertz CT molecular complexity index is 514. The number of aryl methyl sites for hydroxylation is 2. The second kappa shape index (κ2) is 5.71. The van der Waals surface area contributed by atoms with Gasteiger partial charge in [-0.25, -0.2) is 4.98 Å². The summed E-state index contributed by atoms with van der Waals surface area (Å²) in [5.74, 6) is 1.13. The zero-order valence-corrected chi connectivity index (χ0v) is 11.2. The van der Waals surface area contributed by atoms with Crippen LogP contribution in [0.4, 0.5) is 5.69 Å². The van der Waals surface area contributed by atoms with Crippen molar-refractivity contribution in [1.29, 1.82) is 0 Å². The summed E-state index contributed by atoms with van der Waals surface area (Å²) < 4.78 is 2.22. The predicted molar refractivity (Wildman–Crippen MR) is 75.6 cm³/mol. The molecule has 0 fully saturated rings. The van der Waals surface area contributed by atoms with Crippen molar-refractivity contribution in [1.82, 2.24) is 9.55 Å². The predicted octanol–water partition coefficient (Wildman–Crippen LogP) is 3.03. The number of benzene rings is 1. The Morgan fingerprint density at radius 1 is 1.28 bits per heavy atom. The summed E-state index contributed by atoms with van der Waals surface area (Å²) in [7, 11) is 0. The molecule has 0 atom stereocenters. The average molecular weight is 243 g/mol. The fourth-order valence-electron chi connectivity index (χ4n) is 2.21. The Balaban J connectivity index is 2.20. The average Bonchev–Trinajstić information content (AvgIpc) is 2.80. The van der Waals surface area contributed by atoms with Crippen molar-refractivity contribution in [3.63, 3.8) is 0 Å². The summed E-state index contributed by atoms with van der Waals surface area (Å²) in [5.41, 5.74) is 9.32. The molecule has 3 heteroatoms. The van der Waals surface area contributed by atoms with Crippen LogP contribution in [-0.4, -0.2) is 9.55 Å². The molecule has 0 aliphatic rings. The molecular formula is C15H21N3. The van der Waals surface area contributed by atoms with Crippen molar-refractivity contribution in [3.05, 3.63) is 47.5 Å². The molecule has 1 aromatic heterocycles. The van der Waals surface area contributed by atoms with Crippen molar-refractivity contribution >= 4 is 5.69 Å². The van der Waals surface area contributed by atoms with Crippen LogP contribution < -0.4 is 5.73 Å². The summed E-state index contributed by atoms with van der Waals surface area (Å²) in [6.45, 7) is 5.35. The van der Waals surface area contributed by atoms with E-state index in [0.29, 0.717) is 0 Å². The van der Waals surface area contributed by atoms with E-state index < -0.39 is 0 Å². The normalized spacial score (nSPS) is 10.8. The van der Waals surface area contributed by atoms with Crippen LogP contribution in [-0.2, 0) is 19.4 Å². The molecule has 0 spiro atoms. The summed E-state index contributed by atoms with van der Waals surface area (Å²) in [6, 6.07) is 6.29. The van der Waals surface area contributed by atoms with E-state index in [1.54, 1.807) is 0 Å². The highest BCUT2D eigenvalue weighted by Crippen LogP contribution is 2.17. The molecule has 0 unspecified atom stereocenters.